The number of rotatable bonds is 6. The third-order valence-corrected chi connectivity index (χ3v) is 8.03. The van der Waals surface area contributed by atoms with Crippen molar-refractivity contribution in [2.75, 3.05) is 25.2 Å². The molecule has 1 N–H and O–H groups in total. The third kappa shape index (κ3) is 3.88. The van der Waals surface area contributed by atoms with Gasteiger partial charge in [-0.1, -0.05) is 41.1 Å². The van der Waals surface area contributed by atoms with E-state index in [4.69, 9.17) is 21.1 Å². The Morgan fingerprint density at radius 3 is 2.61 bits per heavy atom. The van der Waals surface area contributed by atoms with Gasteiger partial charge in [-0.15, -0.1) is 0 Å². The summed E-state index contributed by atoms with van der Waals surface area (Å²) in [6, 6.07) is 14.0. The fourth-order valence-corrected chi connectivity index (χ4v) is 5.95. The van der Waals surface area contributed by atoms with Crippen LogP contribution in [0.2, 0.25) is 5.02 Å². The van der Waals surface area contributed by atoms with E-state index in [1.165, 1.54) is 18.4 Å². The maximum Gasteiger partial charge on any atom is 0.236 e. The van der Waals surface area contributed by atoms with Crippen LogP contribution >= 0.6 is 22.9 Å². The first-order valence-corrected chi connectivity index (χ1v) is 12.5. The first kappa shape index (κ1) is 21.0. The molecule has 0 bridgehead atoms. The number of likely N-dealkylation sites (tertiary alicyclic amines) is 1. The second-order valence-electron chi connectivity index (χ2n) is 8.87. The molecule has 1 amide bonds. The smallest absolute Gasteiger partial charge is 0.236 e. The van der Waals surface area contributed by atoms with E-state index < -0.39 is 5.41 Å². The summed E-state index contributed by atoms with van der Waals surface area (Å²) in [5, 5.41) is 4.46. The lowest BCUT2D eigenvalue weighted by Gasteiger charge is -2.26. The number of halogens is 1. The Kier molecular flexibility index (Phi) is 5.28. The normalized spacial score (nSPS) is 19.4. The van der Waals surface area contributed by atoms with Crippen LogP contribution in [0, 0.1) is 0 Å². The molecule has 6 nitrogen and oxygen atoms in total. The minimum atomic E-state index is -0.517. The van der Waals surface area contributed by atoms with Crippen molar-refractivity contribution in [2.24, 2.45) is 0 Å². The Balaban J connectivity index is 1.23. The van der Waals surface area contributed by atoms with Crippen molar-refractivity contribution in [1.29, 1.82) is 0 Å². The van der Waals surface area contributed by atoms with E-state index in [1.54, 1.807) is 11.3 Å². The number of anilines is 1. The molecule has 3 aromatic rings. The van der Waals surface area contributed by atoms with Crippen molar-refractivity contribution < 1.29 is 14.3 Å². The highest BCUT2D eigenvalue weighted by Crippen LogP contribution is 2.51. The Labute approximate surface area is 201 Å². The van der Waals surface area contributed by atoms with Crippen molar-refractivity contribution in [1.82, 2.24) is 9.88 Å². The number of hydrogen-bond donors (Lipinski definition) is 1. The van der Waals surface area contributed by atoms with Gasteiger partial charge in [-0.05, 0) is 74.2 Å². The summed E-state index contributed by atoms with van der Waals surface area (Å²) in [7, 11) is 0. The fraction of sp³-hybridized carbons (Fsp3) is 0.360. The fourth-order valence-electron chi connectivity index (χ4n) is 4.85. The molecule has 2 aliphatic heterocycles. The van der Waals surface area contributed by atoms with E-state index in [-0.39, 0.29) is 18.7 Å². The van der Waals surface area contributed by atoms with Gasteiger partial charge in [0.15, 0.2) is 16.6 Å². The Morgan fingerprint density at radius 1 is 1.09 bits per heavy atom. The Bertz CT molecular complexity index is 1190. The van der Waals surface area contributed by atoms with E-state index in [2.05, 4.69) is 27.3 Å². The van der Waals surface area contributed by atoms with Crippen LogP contribution in [-0.2, 0) is 10.2 Å². The van der Waals surface area contributed by atoms with Gasteiger partial charge >= 0.3 is 0 Å². The van der Waals surface area contributed by atoms with Crippen LogP contribution < -0.4 is 14.8 Å². The van der Waals surface area contributed by atoms with Gasteiger partial charge in [-0.3, -0.25) is 9.69 Å². The predicted molar refractivity (Wildman–Crippen MR) is 128 cm³/mol. The lowest BCUT2D eigenvalue weighted by molar-refractivity contribution is -0.118. The molecule has 1 saturated carbocycles. The maximum atomic E-state index is 13.3. The summed E-state index contributed by atoms with van der Waals surface area (Å²) in [6.45, 7) is 2.34. The molecule has 1 atom stereocenters. The molecule has 1 aliphatic carbocycles. The second-order valence-corrected chi connectivity index (χ2v) is 10.4. The van der Waals surface area contributed by atoms with Crippen LogP contribution in [0.15, 0.2) is 48.7 Å². The number of ether oxygens (including phenoxy) is 2. The molecular formula is C25H24ClN3O3S. The van der Waals surface area contributed by atoms with Gasteiger partial charge in [0, 0.05) is 16.1 Å². The molecular weight excluding hydrogens is 458 g/mol. The summed E-state index contributed by atoms with van der Waals surface area (Å²) >= 11 is 7.68. The molecule has 2 aromatic carbocycles. The monoisotopic (exact) mass is 481 g/mol. The highest BCUT2D eigenvalue weighted by Gasteiger charge is 2.52. The summed E-state index contributed by atoms with van der Waals surface area (Å²) in [5.74, 6) is 1.43. The number of carbonyl (C=O) groups is 1. The standard InChI is InChI=1S/C25H24ClN3O3S/c26-18-6-3-16(4-7-18)22(29-11-1-2-12-29)21-14-27-24(33-21)28-23(30)25(9-10-25)17-5-8-19-20(13-17)32-15-31-19/h3-8,13-14,22H,1-2,9-12,15H2,(H,27,28,30). The van der Waals surface area contributed by atoms with Crippen molar-refractivity contribution in [3.05, 3.63) is 69.7 Å². The number of hydrogen-bond acceptors (Lipinski definition) is 6. The number of thiazole rings is 1. The van der Waals surface area contributed by atoms with Crippen molar-refractivity contribution in [3.63, 3.8) is 0 Å². The summed E-state index contributed by atoms with van der Waals surface area (Å²) in [6.07, 6.45) is 5.93. The maximum absolute atomic E-state index is 13.3. The number of nitrogens with zero attached hydrogens (tertiary/aromatic N) is 2. The van der Waals surface area contributed by atoms with Crippen LogP contribution in [0.1, 0.15) is 47.7 Å². The van der Waals surface area contributed by atoms with Crippen molar-refractivity contribution in [2.45, 2.75) is 37.1 Å². The van der Waals surface area contributed by atoms with E-state index >= 15 is 0 Å². The van der Waals surface area contributed by atoms with Gasteiger partial charge in [0.05, 0.1) is 11.5 Å². The van der Waals surface area contributed by atoms with Crippen LogP contribution in [0.4, 0.5) is 5.13 Å². The number of fused-ring (bicyclic) bond motifs is 1. The van der Waals surface area contributed by atoms with Gasteiger partial charge in [0.25, 0.3) is 0 Å². The molecule has 0 radical (unpaired) electrons. The molecule has 0 spiro atoms. The topological polar surface area (TPSA) is 63.7 Å². The highest BCUT2D eigenvalue weighted by molar-refractivity contribution is 7.15. The van der Waals surface area contributed by atoms with Crippen LogP contribution in [0.5, 0.6) is 11.5 Å². The molecule has 3 aliphatic rings. The lowest BCUT2D eigenvalue weighted by Crippen LogP contribution is -2.27. The number of carbonyl (C=O) groups excluding carboxylic acids is 1. The van der Waals surface area contributed by atoms with E-state index in [0.29, 0.717) is 10.9 Å². The summed E-state index contributed by atoms with van der Waals surface area (Å²) in [5.41, 5.74) is 1.65. The third-order valence-electron chi connectivity index (χ3n) is 6.81. The minimum absolute atomic E-state index is 0.00789. The van der Waals surface area contributed by atoms with Crippen LogP contribution in [0.3, 0.4) is 0 Å². The molecule has 8 heteroatoms. The van der Waals surface area contributed by atoms with E-state index in [0.717, 1.165) is 47.1 Å². The zero-order valence-electron chi connectivity index (χ0n) is 18.1. The molecule has 1 unspecified atom stereocenters. The van der Waals surface area contributed by atoms with Gasteiger partial charge in [0.2, 0.25) is 12.7 Å². The first-order valence-electron chi connectivity index (χ1n) is 11.3. The first-order chi connectivity index (χ1) is 16.1. The van der Waals surface area contributed by atoms with Gasteiger partial charge in [0.1, 0.15) is 0 Å². The minimum Gasteiger partial charge on any atom is -0.454 e. The molecule has 1 saturated heterocycles. The zero-order valence-corrected chi connectivity index (χ0v) is 19.6. The molecule has 2 fully saturated rings. The highest BCUT2D eigenvalue weighted by atomic mass is 35.5. The number of amides is 1. The quantitative estimate of drug-likeness (QED) is 0.512. The average Bonchev–Trinajstić information content (AvgIpc) is 3.19. The zero-order chi connectivity index (χ0) is 22.4. The van der Waals surface area contributed by atoms with Gasteiger partial charge < -0.3 is 14.8 Å². The van der Waals surface area contributed by atoms with Gasteiger partial charge in [-0.25, -0.2) is 4.98 Å². The summed E-state index contributed by atoms with van der Waals surface area (Å²) < 4.78 is 10.9. The van der Waals surface area contributed by atoms with E-state index in [9.17, 15) is 4.79 Å². The van der Waals surface area contributed by atoms with Crippen molar-refractivity contribution in [3.8, 4) is 11.5 Å². The average molecular weight is 482 g/mol. The van der Waals surface area contributed by atoms with Crippen LogP contribution in [-0.4, -0.2) is 35.7 Å². The molecule has 1 aromatic heterocycles. The Hall–Kier alpha value is -2.61. The second kappa shape index (κ2) is 8.31. The molecule has 33 heavy (non-hydrogen) atoms. The van der Waals surface area contributed by atoms with Gasteiger partial charge in [-0.2, -0.15) is 0 Å². The lowest BCUT2D eigenvalue weighted by atomic mass is 9.94. The molecule has 170 valence electrons. The number of aromatic nitrogens is 1. The van der Waals surface area contributed by atoms with Crippen molar-refractivity contribution >= 4 is 34.0 Å². The van der Waals surface area contributed by atoms with Crippen LogP contribution in [0.25, 0.3) is 0 Å². The van der Waals surface area contributed by atoms with E-state index in [1.807, 2.05) is 36.5 Å². The predicted octanol–water partition coefficient (Wildman–Crippen LogP) is 5.38. The number of benzene rings is 2. The SMILES string of the molecule is O=C(Nc1ncc(C(c2ccc(Cl)cc2)N2CCCC2)s1)C1(c2ccc3c(c2)OCO3)CC1. The Morgan fingerprint density at radius 2 is 1.85 bits per heavy atom. The molecule has 6 rings (SSSR count). The number of nitrogens with one attached hydrogen (secondary N) is 1. The summed E-state index contributed by atoms with van der Waals surface area (Å²) in [4.78, 5) is 21.5. The largest absolute Gasteiger partial charge is 0.454 e. The molecule has 3 heterocycles.